The quantitative estimate of drug-likeness (QED) is 0.677. The molecule has 0 saturated carbocycles. The first-order valence-corrected chi connectivity index (χ1v) is 12.2. The molecule has 0 spiro atoms. The molecule has 0 bridgehead atoms. The molecule has 0 aliphatic carbocycles. The Kier molecular flexibility index (Phi) is 7.28. The Morgan fingerprint density at radius 1 is 1.06 bits per heavy atom. The minimum atomic E-state index is -3.79. The highest BCUT2D eigenvalue weighted by atomic mass is 32.2. The van der Waals surface area contributed by atoms with E-state index in [1.54, 1.807) is 19.1 Å². The zero-order valence-corrected chi connectivity index (χ0v) is 18.9. The minimum absolute atomic E-state index is 0.000986. The summed E-state index contributed by atoms with van der Waals surface area (Å²) in [5, 5.41) is 1.39. The molecule has 3 unspecified atom stereocenters. The average molecular weight is 444 g/mol. The third kappa shape index (κ3) is 5.80. The lowest BCUT2D eigenvalue weighted by Crippen LogP contribution is -2.50. The molecule has 6 nitrogen and oxygen atoms in total. The summed E-state index contributed by atoms with van der Waals surface area (Å²) in [5.41, 5.74) is 2.66. The van der Waals surface area contributed by atoms with Gasteiger partial charge in [0.25, 0.3) is 0 Å². The van der Waals surface area contributed by atoms with Gasteiger partial charge in [0, 0.05) is 0 Å². The number of amides is 1. The molecule has 0 aromatic heterocycles. The van der Waals surface area contributed by atoms with Crippen LogP contribution in [0.25, 0.3) is 11.1 Å². The first kappa shape index (κ1) is 23.2. The molecule has 3 rings (SSSR count). The number of rotatable bonds is 8. The van der Waals surface area contributed by atoms with Crippen molar-refractivity contribution in [2.24, 2.45) is 5.92 Å². The predicted octanol–water partition coefficient (Wildman–Crippen LogP) is 3.16. The van der Waals surface area contributed by atoms with Gasteiger partial charge in [-0.25, -0.2) is 8.42 Å². The van der Waals surface area contributed by atoms with Gasteiger partial charge in [0.15, 0.2) is 15.6 Å². The summed E-state index contributed by atoms with van der Waals surface area (Å²) in [6.45, 7) is 5.37. The number of sulfone groups is 1. The summed E-state index contributed by atoms with van der Waals surface area (Å²) in [5.74, 6) is -1.11. The van der Waals surface area contributed by atoms with Crippen LogP contribution < -0.4 is 5.32 Å². The van der Waals surface area contributed by atoms with Crippen LogP contribution in [0.15, 0.2) is 54.6 Å². The van der Waals surface area contributed by atoms with Crippen molar-refractivity contribution in [3.8, 4) is 11.1 Å². The minimum Gasteiger partial charge on any atom is -0.368 e. The molecule has 1 N–H and O–H groups in total. The normalized spacial score (nSPS) is 20.1. The second-order valence-electron chi connectivity index (χ2n) is 8.46. The molecule has 1 heterocycles. The van der Waals surface area contributed by atoms with Crippen molar-refractivity contribution >= 4 is 21.5 Å². The van der Waals surface area contributed by atoms with E-state index in [9.17, 15) is 18.0 Å². The van der Waals surface area contributed by atoms with Crippen LogP contribution in [0.3, 0.4) is 0 Å². The fourth-order valence-corrected chi connectivity index (χ4v) is 5.64. The topological polar surface area (TPSA) is 89.5 Å². The van der Waals surface area contributed by atoms with E-state index < -0.39 is 33.1 Å². The maximum absolute atomic E-state index is 13.2. The van der Waals surface area contributed by atoms with Gasteiger partial charge in [0.2, 0.25) is 5.91 Å². The zero-order valence-electron chi connectivity index (χ0n) is 18.1. The third-order valence-electron chi connectivity index (χ3n) is 5.44. The van der Waals surface area contributed by atoms with Crippen LogP contribution in [-0.2, 0) is 29.9 Å². The monoisotopic (exact) mass is 443 g/mol. The summed E-state index contributed by atoms with van der Waals surface area (Å²) in [6.07, 6.45) is -0.281. The zero-order chi connectivity index (χ0) is 22.6. The number of hydrogen-bond acceptors (Lipinski definition) is 5. The first-order valence-electron chi connectivity index (χ1n) is 10.5. The number of carbonyl (C=O) groups excluding carboxylic acids is 2. The molecule has 31 heavy (non-hydrogen) atoms. The lowest BCUT2D eigenvalue weighted by Gasteiger charge is -2.22. The van der Waals surface area contributed by atoms with Crippen molar-refractivity contribution in [1.29, 1.82) is 0 Å². The highest BCUT2D eigenvalue weighted by Gasteiger charge is 2.39. The molecular weight excluding hydrogens is 414 g/mol. The van der Waals surface area contributed by atoms with Gasteiger partial charge in [-0.2, -0.15) is 0 Å². The number of nitrogens with one attached hydrogen (secondary N) is 1. The van der Waals surface area contributed by atoms with Crippen LogP contribution in [-0.4, -0.2) is 44.1 Å². The smallest absolute Gasteiger partial charge is 0.239 e. The van der Waals surface area contributed by atoms with Gasteiger partial charge >= 0.3 is 0 Å². The Balaban J connectivity index is 1.77. The van der Waals surface area contributed by atoms with Crippen LogP contribution in [0.2, 0.25) is 0 Å². The lowest BCUT2D eigenvalue weighted by molar-refractivity contribution is -0.126. The van der Waals surface area contributed by atoms with Gasteiger partial charge in [-0.05, 0) is 36.0 Å². The van der Waals surface area contributed by atoms with E-state index in [0.717, 1.165) is 11.1 Å². The van der Waals surface area contributed by atoms with Crippen molar-refractivity contribution in [2.45, 2.75) is 50.3 Å². The highest BCUT2D eigenvalue weighted by Crippen LogP contribution is 2.23. The molecule has 1 amide bonds. The lowest BCUT2D eigenvalue weighted by atomic mass is 10.0. The first-order chi connectivity index (χ1) is 14.7. The Labute approximate surface area is 183 Å². The summed E-state index contributed by atoms with van der Waals surface area (Å²) in [4.78, 5) is 24.9. The van der Waals surface area contributed by atoms with Crippen molar-refractivity contribution in [1.82, 2.24) is 5.32 Å². The van der Waals surface area contributed by atoms with Crippen molar-refractivity contribution in [3.63, 3.8) is 0 Å². The summed E-state index contributed by atoms with van der Waals surface area (Å²) in [6, 6.07) is 16.3. The third-order valence-corrected chi connectivity index (χ3v) is 7.45. The summed E-state index contributed by atoms with van der Waals surface area (Å²) < 4.78 is 31.6. The summed E-state index contributed by atoms with van der Waals surface area (Å²) >= 11 is 0. The predicted molar refractivity (Wildman–Crippen MR) is 120 cm³/mol. The largest absolute Gasteiger partial charge is 0.368 e. The molecule has 1 saturated heterocycles. The van der Waals surface area contributed by atoms with Crippen molar-refractivity contribution in [3.05, 3.63) is 60.2 Å². The standard InChI is InChI=1S/C24H29NO5S/c1-16(2)13-22(24(27)25-23-17(3)30-14-21(23)26)31(28,29)15-18-9-11-20(12-10-18)19-7-5-4-6-8-19/h4-12,16-17,22-23H,13-15H2,1-3H3,(H,25,27). The number of carbonyl (C=O) groups is 2. The van der Waals surface area contributed by atoms with Gasteiger partial charge in [-0.15, -0.1) is 0 Å². The molecule has 2 aromatic rings. The molecule has 7 heteroatoms. The number of ether oxygens (including phenoxy) is 1. The molecule has 2 aromatic carbocycles. The van der Waals surface area contributed by atoms with E-state index in [4.69, 9.17) is 4.74 Å². The van der Waals surface area contributed by atoms with Gasteiger partial charge in [0.1, 0.15) is 17.9 Å². The second kappa shape index (κ2) is 9.75. The van der Waals surface area contributed by atoms with Crippen LogP contribution in [0, 0.1) is 5.92 Å². The number of benzene rings is 2. The van der Waals surface area contributed by atoms with E-state index in [0.29, 0.717) is 5.56 Å². The van der Waals surface area contributed by atoms with Crippen molar-refractivity contribution < 1.29 is 22.7 Å². The van der Waals surface area contributed by atoms with E-state index in [1.165, 1.54) is 0 Å². The molecular formula is C24H29NO5S. The maximum atomic E-state index is 13.2. The Morgan fingerprint density at radius 2 is 1.68 bits per heavy atom. The van der Waals surface area contributed by atoms with E-state index in [-0.39, 0.29) is 30.5 Å². The number of hydrogen-bond donors (Lipinski definition) is 1. The molecule has 1 aliphatic rings. The van der Waals surface area contributed by atoms with Crippen LogP contribution in [0.1, 0.15) is 32.8 Å². The SMILES string of the molecule is CC(C)CC(C(=O)NC1C(=O)COC1C)S(=O)(=O)Cc1ccc(-c2ccccc2)cc1. The van der Waals surface area contributed by atoms with Gasteiger partial charge in [-0.1, -0.05) is 68.4 Å². The Hall–Kier alpha value is -2.51. The fraction of sp³-hybridized carbons (Fsp3) is 0.417. The highest BCUT2D eigenvalue weighted by molar-refractivity contribution is 7.92. The Bertz CT molecular complexity index is 1020. The maximum Gasteiger partial charge on any atom is 0.239 e. The number of ketones is 1. The second-order valence-corrected chi connectivity index (χ2v) is 10.6. The van der Waals surface area contributed by atoms with Gasteiger partial charge in [0.05, 0.1) is 11.9 Å². The molecule has 3 atom stereocenters. The van der Waals surface area contributed by atoms with Crippen LogP contribution >= 0.6 is 0 Å². The Morgan fingerprint density at radius 3 is 2.23 bits per heavy atom. The number of Topliss-reactive ketones (excluding diaryl/α,β-unsaturated/α-hetero) is 1. The van der Waals surface area contributed by atoms with E-state index in [1.807, 2.05) is 56.3 Å². The van der Waals surface area contributed by atoms with Crippen LogP contribution in [0.5, 0.6) is 0 Å². The molecule has 1 aliphatic heterocycles. The van der Waals surface area contributed by atoms with Crippen LogP contribution in [0.4, 0.5) is 0 Å². The average Bonchev–Trinajstić information content (AvgIpc) is 3.04. The van der Waals surface area contributed by atoms with E-state index >= 15 is 0 Å². The van der Waals surface area contributed by atoms with Gasteiger partial charge < -0.3 is 10.1 Å². The molecule has 0 radical (unpaired) electrons. The van der Waals surface area contributed by atoms with Crippen molar-refractivity contribution in [2.75, 3.05) is 6.61 Å². The van der Waals surface area contributed by atoms with Gasteiger partial charge in [-0.3, -0.25) is 9.59 Å². The molecule has 1 fully saturated rings. The summed E-state index contributed by atoms with van der Waals surface area (Å²) in [7, 11) is -3.79. The molecule has 166 valence electrons. The fourth-order valence-electron chi connectivity index (χ4n) is 3.71. The van der Waals surface area contributed by atoms with E-state index in [2.05, 4.69) is 5.32 Å².